The van der Waals surface area contributed by atoms with Gasteiger partial charge < -0.3 is 19.9 Å². The minimum absolute atomic E-state index is 0.122. The van der Waals surface area contributed by atoms with Gasteiger partial charge in [0.05, 0.1) is 11.6 Å². The first-order valence-electron chi connectivity index (χ1n) is 5.74. The summed E-state index contributed by atoms with van der Waals surface area (Å²) in [6, 6.07) is 2.69. The second-order valence-corrected chi connectivity index (χ2v) is 4.43. The third-order valence-electron chi connectivity index (χ3n) is 2.72. The van der Waals surface area contributed by atoms with Gasteiger partial charge >= 0.3 is 0 Å². The van der Waals surface area contributed by atoms with Crippen molar-refractivity contribution in [3.63, 3.8) is 0 Å². The molecule has 7 heteroatoms. The van der Waals surface area contributed by atoms with Crippen LogP contribution in [0.25, 0.3) is 0 Å². The van der Waals surface area contributed by atoms with Crippen LogP contribution in [0.3, 0.4) is 0 Å². The average Bonchev–Trinajstić information content (AvgIpc) is 2.83. The fourth-order valence-electron chi connectivity index (χ4n) is 1.84. The molecular formula is C12H15ClN2O4. The van der Waals surface area contributed by atoms with Crippen LogP contribution >= 0.6 is 11.6 Å². The molecule has 0 bridgehead atoms. The summed E-state index contributed by atoms with van der Waals surface area (Å²) >= 11 is 6.08. The second-order valence-electron chi connectivity index (χ2n) is 4.02. The third kappa shape index (κ3) is 3.09. The third-order valence-corrected chi connectivity index (χ3v) is 3.00. The average molecular weight is 287 g/mol. The van der Waals surface area contributed by atoms with E-state index in [2.05, 4.69) is 5.32 Å². The molecule has 0 saturated carbocycles. The summed E-state index contributed by atoms with van der Waals surface area (Å²) < 4.78 is 15.4. The van der Waals surface area contributed by atoms with E-state index in [1.807, 2.05) is 0 Å². The monoisotopic (exact) mass is 286 g/mol. The predicted octanol–water partition coefficient (Wildman–Crippen LogP) is 0.831. The van der Waals surface area contributed by atoms with Crippen LogP contribution in [0.4, 0.5) is 0 Å². The fraction of sp³-hybridized carbons (Fsp3) is 0.417. The summed E-state index contributed by atoms with van der Waals surface area (Å²) in [6.45, 7) is 1.09. The molecule has 0 radical (unpaired) electrons. The van der Waals surface area contributed by atoms with E-state index in [1.54, 1.807) is 19.2 Å². The minimum atomic E-state index is -0.651. The predicted molar refractivity (Wildman–Crippen MR) is 69.4 cm³/mol. The molecule has 1 aliphatic heterocycles. The smallest absolute Gasteiger partial charge is 0.239 e. The highest BCUT2D eigenvalue weighted by molar-refractivity contribution is 6.32. The van der Waals surface area contributed by atoms with Crippen molar-refractivity contribution < 1.29 is 19.0 Å². The fourth-order valence-corrected chi connectivity index (χ4v) is 2.12. The number of carbonyl (C=O) groups is 1. The zero-order chi connectivity index (χ0) is 13.8. The zero-order valence-electron chi connectivity index (χ0n) is 10.4. The normalized spacial score (nSPS) is 14.4. The first-order valence-corrected chi connectivity index (χ1v) is 6.12. The first-order chi connectivity index (χ1) is 9.13. The van der Waals surface area contributed by atoms with E-state index in [4.69, 9.17) is 31.5 Å². The van der Waals surface area contributed by atoms with Crippen LogP contribution in [-0.4, -0.2) is 33.0 Å². The molecule has 1 aromatic carbocycles. The maximum Gasteiger partial charge on any atom is 0.239 e. The van der Waals surface area contributed by atoms with Gasteiger partial charge in [0, 0.05) is 13.7 Å². The second kappa shape index (κ2) is 6.10. The Morgan fingerprint density at radius 3 is 3.05 bits per heavy atom. The van der Waals surface area contributed by atoms with Gasteiger partial charge in [0.25, 0.3) is 0 Å². The lowest BCUT2D eigenvalue weighted by Crippen LogP contribution is -2.35. The van der Waals surface area contributed by atoms with E-state index in [1.165, 1.54) is 0 Å². The van der Waals surface area contributed by atoms with Gasteiger partial charge in [-0.1, -0.05) is 11.6 Å². The van der Waals surface area contributed by atoms with Gasteiger partial charge in [0.15, 0.2) is 11.5 Å². The van der Waals surface area contributed by atoms with Crippen molar-refractivity contribution in [3.8, 4) is 11.5 Å². The molecule has 0 aromatic heterocycles. The summed E-state index contributed by atoms with van der Waals surface area (Å²) in [5.41, 5.74) is 6.03. The van der Waals surface area contributed by atoms with E-state index >= 15 is 0 Å². The topological polar surface area (TPSA) is 82.8 Å². The molecule has 0 saturated heterocycles. The summed E-state index contributed by atoms with van der Waals surface area (Å²) in [5, 5.41) is 3.39. The highest BCUT2D eigenvalue weighted by Crippen LogP contribution is 2.40. The van der Waals surface area contributed by atoms with Crippen molar-refractivity contribution in [2.75, 3.05) is 27.1 Å². The largest absolute Gasteiger partial charge is 0.454 e. The van der Waals surface area contributed by atoms with E-state index < -0.39 is 11.9 Å². The summed E-state index contributed by atoms with van der Waals surface area (Å²) in [5.74, 6) is 0.513. The van der Waals surface area contributed by atoms with Gasteiger partial charge in [-0.05, 0) is 17.7 Å². The lowest BCUT2D eigenvalue weighted by Gasteiger charge is -2.16. The zero-order valence-corrected chi connectivity index (χ0v) is 11.2. The van der Waals surface area contributed by atoms with Crippen molar-refractivity contribution in [3.05, 3.63) is 22.7 Å². The highest BCUT2D eigenvalue weighted by Gasteiger charge is 2.24. The maximum absolute atomic E-state index is 11.5. The van der Waals surface area contributed by atoms with Crippen molar-refractivity contribution in [1.29, 1.82) is 0 Å². The number of carbonyl (C=O) groups excluding carboxylic acids is 1. The molecule has 1 aliphatic rings. The number of amides is 1. The van der Waals surface area contributed by atoms with Gasteiger partial charge in [-0.2, -0.15) is 0 Å². The van der Waals surface area contributed by atoms with Gasteiger partial charge in [-0.25, -0.2) is 0 Å². The molecule has 0 spiro atoms. The van der Waals surface area contributed by atoms with Crippen LogP contribution < -0.4 is 20.5 Å². The standard InChI is InChI=1S/C12H15ClN2O4/c1-17-3-2-15-10(12(14)16)7-4-8(13)11-9(5-7)18-6-19-11/h4-5,10,15H,2-3,6H2,1H3,(H2,14,16). The number of halogens is 1. The highest BCUT2D eigenvalue weighted by atomic mass is 35.5. The number of nitrogens with one attached hydrogen (secondary N) is 1. The summed E-state index contributed by atoms with van der Waals surface area (Å²) in [6.07, 6.45) is 0. The summed E-state index contributed by atoms with van der Waals surface area (Å²) in [7, 11) is 1.58. The Bertz CT molecular complexity index is 481. The number of benzene rings is 1. The SMILES string of the molecule is COCCNC(C(N)=O)c1cc(Cl)c2c(c1)OCO2. The van der Waals surface area contributed by atoms with Gasteiger partial charge in [-0.15, -0.1) is 0 Å². The molecule has 2 rings (SSSR count). The molecule has 1 aromatic rings. The van der Waals surface area contributed by atoms with Crippen LogP contribution in [0.1, 0.15) is 11.6 Å². The Morgan fingerprint density at radius 1 is 1.58 bits per heavy atom. The number of ether oxygens (including phenoxy) is 3. The van der Waals surface area contributed by atoms with Crippen molar-refractivity contribution >= 4 is 17.5 Å². The van der Waals surface area contributed by atoms with Crippen molar-refractivity contribution in [2.24, 2.45) is 5.73 Å². The molecule has 104 valence electrons. The Kier molecular flexibility index (Phi) is 4.47. The van der Waals surface area contributed by atoms with Gasteiger partial charge in [-0.3, -0.25) is 10.1 Å². The molecule has 1 heterocycles. The number of nitrogens with two attached hydrogens (primary N) is 1. The van der Waals surface area contributed by atoms with E-state index in [-0.39, 0.29) is 6.79 Å². The molecular weight excluding hydrogens is 272 g/mol. The number of hydrogen-bond acceptors (Lipinski definition) is 5. The lowest BCUT2D eigenvalue weighted by molar-refractivity contribution is -0.120. The van der Waals surface area contributed by atoms with Crippen molar-refractivity contribution in [1.82, 2.24) is 5.32 Å². The van der Waals surface area contributed by atoms with E-state index in [9.17, 15) is 4.79 Å². The Labute approximate surface area is 115 Å². The van der Waals surface area contributed by atoms with Crippen LogP contribution in [0.15, 0.2) is 12.1 Å². The van der Waals surface area contributed by atoms with E-state index in [0.29, 0.717) is 35.2 Å². The Balaban J connectivity index is 2.22. The molecule has 1 atom stereocenters. The molecule has 1 unspecified atom stereocenters. The Hall–Kier alpha value is -1.50. The molecule has 0 aliphatic carbocycles. The van der Waals surface area contributed by atoms with Crippen LogP contribution in [0, 0.1) is 0 Å². The number of rotatable bonds is 6. The quantitative estimate of drug-likeness (QED) is 0.757. The van der Waals surface area contributed by atoms with Gasteiger partial charge in [0.2, 0.25) is 12.7 Å². The lowest BCUT2D eigenvalue weighted by atomic mass is 10.1. The maximum atomic E-state index is 11.5. The van der Waals surface area contributed by atoms with Gasteiger partial charge in [0.1, 0.15) is 6.04 Å². The molecule has 1 amide bonds. The molecule has 19 heavy (non-hydrogen) atoms. The molecule has 6 nitrogen and oxygen atoms in total. The van der Waals surface area contributed by atoms with E-state index in [0.717, 1.165) is 0 Å². The first kappa shape index (κ1) is 13.9. The Morgan fingerprint density at radius 2 is 2.37 bits per heavy atom. The summed E-state index contributed by atoms with van der Waals surface area (Å²) in [4.78, 5) is 11.5. The minimum Gasteiger partial charge on any atom is -0.454 e. The number of hydrogen-bond donors (Lipinski definition) is 2. The number of primary amides is 1. The van der Waals surface area contributed by atoms with Crippen LogP contribution in [0.5, 0.6) is 11.5 Å². The molecule has 0 fully saturated rings. The van der Waals surface area contributed by atoms with Crippen LogP contribution in [-0.2, 0) is 9.53 Å². The number of methoxy groups -OCH3 is 1. The number of fused-ring (bicyclic) bond motifs is 1. The van der Waals surface area contributed by atoms with Crippen LogP contribution in [0.2, 0.25) is 5.02 Å². The molecule has 3 N–H and O–H groups in total. The van der Waals surface area contributed by atoms with Crippen molar-refractivity contribution in [2.45, 2.75) is 6.04 Å².